The van der Waals surface area contributed by atoms with Crippen molar-refractivity contribution in [3.8, 4) is 0 Å². The van der Waals surface area contributed by atoms with Crippen LogP contribution in [0.4, 0.5) is 0 Å². The van der Waals surface area contributed by atoms with Crippen LogP contribution in [0.15, 0.2) is 36.5 Å². The highest BCUT2D eigenvalue weighted by Gasteiger charge is 2.26. The quantitative estimate of drug-likeness (QED) is 0.844. The molecule has 0 saturated carbocycles. The van der Waals surface area contributed by atoms with E-state index in [1.54, 1.807) is 4.68 Å². The molecule has 3 heteroatoms. The number of aryl methyl sites for hydroxylation is 2. The normalized spacial score (nSPS) is 18.1. The highest BCUT2D eigenvalue weighted by Crippen LogP contribution is 2.32. The van der Waals surface area contributed by atoms with E-state index >= 15 is 0 Å². The predicted molar refractivity (Wildman–Crippen MR) is 74.0 cm³/mol. The van der Waals surface area contributed by atoms with Crippen molar-refractivity contribution in [3.63, 3.8) is 0 Å². The second kappa shape index (κ2) is 5.00. The van der Waals surface area contributed by atoms with Crippen LogP contribution in [0.25, 0.3) is 0 Å². The third-order valence-electron chi connectivity index (χ3n) is 3.88. The van der Waals surface area contributed by atoms with Crippen molar-refractivity contribution in [2.24, 2.45) is 7.05 Å². The van der Waals surface area contributed by atoms with Gasteiger partial charge in [0.25, 0.3) is 0 Å². The van der Waals surface area contributed by atoms with Crippen LogP contribution < -0.4 is 0 Å². The van der Waals surface area contributed by atoms with Crippen LogP contribution in [0.3, 0.4) is 0 Å². The minimum absolute atomic E-state index is 0.0620. The Balaban J connectivity index is 1.81. The molecule has 1 aromatic heterocycles. The molecule has 3 nitrogen and oxygen atoms in total. The molecule has 1 atom stereocenters. The van der Waals surface area contributed by atoms with Gasteiger partial charge in [0, 0.05) is 19.2 Å². The second-order valence-electron chi connectivity index (χ2n) is 5.27. The minimum atomic E-state index is 0.0620. The lowest BCUT2D eigenvalue weighted by Gasteiger charge is -2.24. The van der Waals surface area contributed by atoms with Crippen LogP contribution in [-0.2, 0) is 24.7 Å². The van der Waals surface area contributed by atoms with Gasteiger partial charge in [0.15, 0.2) is 0 Å². The molecule has 1 aliphatic carbocycles. The number of Topliss-reactive ketones (excluding diaryl/α,β-unsaturated/α-hetero) is 1. The topological polar surface area (TPSA) is 34.9 Å². The smallest absolute Gasteiger partial charge is 0.146 e. The molecule has 0 fully saturated rings. The van der Waals surface area contributed by atoms with E-state index < -0.39 is 0 Å². The summed E-state index contributed by atoms with van der Waals surface area (Å²) in [6, 6.07) is 10.3. The summed E-state index contributed by atoms with van der Waals surface area (Å²) in [5, 5.41) is 4.30. The fourth-order valence-corrected chi connectivity index (χ4v) is 2.95. The van der Waals surface area contributed by atoms with Gasteiger partial charge in [-0.1, -0.05) is 24.3 Å². The Kier molecular flexibility index (Phi) is 3.20. The van der Waals surface area contributed by atoms with Gasteiger partial charge in [0.05, 0.1) is 12.1 Å². The third-order valence-corrected chi connectivity index (χ3v) is 3.88. The largest absolute Gasteiger partial charge is 0.299 e. The fourth-order valence-electron chi connectivity index (χ4n) is 2.95. The van der Waals surface area contributed by atoms with Gasteiger partial charge in [-0.05, 0) is 36.5 Å². The molecule has 0 aliphatic heterocycles. The first-order chi connectivity index (χ1) is 9.24. The first-order valence-electron chi connectivity index (χ1n) is 6.83. The van der Waals surface area contributed by atoms with E-state index in [0.717, 1.165) is 25.0 Å². The zero-order valence-electron chi connectivity index (χ0n) is 11.2. The Morgan fingerprint density at radius 2 is 2.21 bits per heavy atom. The molecule has 0 N–H and O–H groups in total. The Morgan fingerprint density at radius 1 is 1.37 bits per heavy atom. The molecular formula is C16H18N2O. The standard InChI is InChI=1S/C16H18N2O/c1-18-10-9-13(17-18)11-16(19)15-8-4-6-12-5-2-3-7-14(12)15/h2-3,5,7,9-10,15H,4,6,8,11H2,1H3. The summed E-state index contributed by atoms with van der Waals surface area (Å²) in [4.78, 5) is 12.5. The lowest BCUT2D eigenvalue weighted by Crippen LogP contribution is -2.20. The Bertz CT molecular complexity index is 600. The van der Waals surface area contributed by atoms with Crippen molar-refractivity contribution in [2.45, 2.75) is 31.6 Å². The fraction of sp³-hybridized carbons (Fsp3) is 0.375. The number of hydrogen-bond donors (Lipinski definition) is 0. The first kappa shape index (κ1) is 12.2. The SMILES string of the molecule is Cn1ccc(CC(=O)C2CCCc3ccccc32)n1. The summed E-state index contributed by atoms with van der Waals surface area (Å²) in [5.74, 6) is 0.359. The molecule has 0 radical (unpaired) electrons. The van der Waals surface area contributed by atoms with E-state index in [0.29, 0.717) is 12.2 Å². The molecule has 1 unspecified atom stereocenters. The Hall–Kier alpha value is -1.90. The zero-order valence-corrected chi connectivity index (χ0v) is 11.2. The van der Waals surface area contributed by atoms with Gasteiger partial charge in [0.1, 0.15) is 5.78 Å². The molecule has 0 spiro atoms. The lowest BCUT2D eigenvalue weighted by molar-refractivity contribution is -0.120. The molecule has 2 aromatic rings. The highest BCUT2D eigenvalue weighted by molar-refractivity contribution is 5.87. The number of hydrogen-bond acceptors (Lipinski definition) is 2. The van der Waals surface area contributed by atoms with E-state index in [-0.39, 0.29) is 5.92 Å². The van der Waals surface area contributed by atoms with Crippen molar-refractivity contribution >= 4 is 5.78 Å². The van der Waals surface area contributed by atoms with Gasteiger partial charge in [-0.3, -0.25) is 9.48 Å². The first-order valence-corrected chi connectivity index (χ1v) is 6.83. The number of ketones is 1. The van der Waals surface area contributed by atoms with Gasteiger partial charge in [-0.15, -0.1) is 0 Å². The second-order valence-corrected chi connectivity index (χ2v) is 5.27. The van der Waals surface area contributed by atoms with Crippen molar-refractivity contribution in [2.75, 3.05) is 0 Å². The average Bonchev–Trinajstić information content (AvgIpc) is 2.83. The maximum Gasteiger partial charge on any atom is 0.146 e. The summed E-state index contributed by atoms with van der Waals surface area (Å²) in [7, 11) is 1.88. The van der Waals surface area contributed by atoms with Crippen LogP contribution in [0, 0.1) is 0 Å². The maximum absolute atomic E-state index is 12.5. The number of benzene rings is 1. The Morgan fingerprint density at radius 3 is 3.00 bits per heavy atom. The molecule has 98 valence electrons. The summed E-state index contributed by atoms with van der Waals surface area (Å²) >= 11 is 0. The monoisotopic (exact) mass is 254 g/mol. The van der Waals surface area contributed by atoms with E-state index in [1.807, 2.05) is 25.4 Å². The molecule has 1 aromatic carbocycles. The number of carbonyl (C=O) groups excluding carboxylic acids is 1. The van der Waals surface area contributed by atoms with Crippen LogP contribution in [0.1, 0.15) is 35.6 Å². The molecule has 1 heterocycles. The average molecular weight is 254 g/mol. The van der Waals surface area contributed by atoms with Gasteiger partial charge in [0.2, 0.25) is 0 Å². The summed E-state index contributed by atoms with van der Waals surface area (Å²) < 4.78 is 1.75. The van der Waals surface area contributed by atoms with Crippen molar-refractivity contribution < 1.29 is 4.79 Å². The number of fused-ring (bicyclic) bond motifs is 1. The highest BCUT2D eigenvalue weighted by atomic mass is 16.1. The predicted octanol–water partition coefficient (Wildman–Crippen LogP) is 2.65. The number of nitrogens with zero attached hydrogens (tertiary/aromatic N) is 2. The van der Waals surface area contributed by atoms with E-state index in [2.05, 4.69) is 23.3 Å². The Labute approximate surface area is 113 Å². The van der Waals surface area contributed by atoms with E-state index in [9.17, 15) is 4.79 Å². The zero-order chi connectivity index (χ0) is 13.2. The van der Waals surface area contributed by atoms with Crippen molar-refractivity contribution in [1.29, 1.82) is 0 Å². The van der Waals surface area contributed by atoms with Crippen molar-refractivity contribution in [3.05, 3.63) is 53.3 Å². The van der Waals surface area contributed by atoms with Gasteiger partial charge < -0.3 is 0 Å². The van der Waals surface area contributed by atoms with Gasteiger partial charge >= 0.3 is 0 Å². The molecule has 0 saturated heterocycles. The van der Waals surface area contributed by atoms with Crippen molar-refractivity contribution in [1.82, 2.24) is 9.78 Å². The van der Waals surface area contributed by atoms with Gasteiger partial charge in [-0.2, -0.15) is 5.10 Å². The van der Waals surface area contributed by atoms with Crippen LogP contribution in [0.2, 0.25) is 0 Å². The van der Waals surface area contributed by atoms with Crippen LogP contribution in [-0.4, -0.2) is 15.6 Å². The molecule has 0 amide bonds. The molecule has 0 bridgehead atoms. The number of rotatable bonds is 3. The summed E-state index contributed by atoms with van der Waals surface area (Å²) in [5.41, 5.74) is 3.44. The molecule has 19 heavy (non-hydrogen) atoms. The summed E-state index contributed by atoms with van der Waals surface area (Å²) in [6.45, 7) is 0. The minimum Gasteiger partial charge on any atom is -0.299 e. The number of aromatic nitrogens is 2. The third kappa shape index (κ3) is 2.46. The van der Waals surface area contributed by atoms with Gasteiger partial charge in [-0.25, -0.2) is 0 Å². The van der Waals surface area contributed by atoms with Crippen LogP contribution in [0.5, 0.6) is 0 Å². The van der Waals surface area contributed by atoms with Crippen LogP contribution >= 0.6 is 0 Å². The van der Waals surface area contributed by atoms with E-state index in [1.165, 1.54) is 11.1 Å². The van der Waals surface area contributed by atoms with E-state index in [4.69, 9.17) is 0 Å². The molecular weight excluding hydrogens is 236 g/mol. The molecule has 1 aliphatic rings. The maximum atomic E-state index is 12.5. The molecule has 3 rings (SSSR count). The summed E-state index contributed by atoms with van der Waals surface area (Å²) in [6.07, 6.45) is 5.51. The number of carbonyl (C=O) groups is 1. The lowest BCUT2D eigenvalue weighted by atomic mass is 9.79.